The molecule has 2 nitrogen and oxygen atoms in total. The first-order chi connectivity index (χ1) is 5.84. The van der Waals surface area contributed by atoms with E-state index in [4.69, 9.17) is 23.2 Å². The number of carbonyl (C=O) groups excluding carboxylic acids is 1. The second-order valence-corrected chi connectivity index (χ2v) is 5.35. The molecule has 0 saturated carbocycles. The van der Waals surface area contributed by atoms with Gasteiger partial charge in [0.15, 0.2) is 10.6 Å². The average molecular weight is 224 g/mol. The van der Waals surface area contributed by atoms with Crippen LogP contribution in [-0.4, -0.2) is 22.2 Å². The third-order valence-corrected chi connectivity index (χ3v) is 3.07. The fraction of sp³-hybridized carbons (Fsp3) is 0.889. The zero-order chi connectivity index (χ0) is 10.2. The summed E-state index contributed by atoms with van der Waals surface area (Å²) < 4.78 is 0. The molecular formula is C9H15Cl2NO. The lowest BCUT2D eigenvalue weighted by atomic mass is 9.86. The number of carbonyl (C=O) groups is 1. The van der Waals surface area contributed by atoms with Gasteiger partial charge in [-0.2, -0.15) is 0 Å². The molecule has 0 bridgehead atoms. The van der Waals surface area contributed by atoms with Crippen molar-refractivity contribution in [1.29, 1.82) is 0 Å². The molecule has 1 heterocycles. The van der Waals surface area contributed by atoms with Crippen LogP contribution in [0.1, 0.15) is 27.2 Å². The zero-order valence-corrected chi connectivity index (χ0v) is 9.62. The summed E-state index contributed by atoms with van der Waals surface area (Å²) >= 11 is 11.1. The summed E-state index contributed by atoms with van der Waals surface area (Å²) in [4.78, 5) is 10.7. The highest BCUT2D eigenvalue weighted by Gasteiger charge is 2.43. The van der Waals surface area contributed by atoms with Crippen molar-refractivity contribution in [3.8, 4) is 0 Å². The molecule has 2 atom stereocenters. The van der Waals surface area contributed by atoms with Crippen molar-refractivity contribution >= 4 is 29.0 Å². The van der Waals surface area contributed by atoms with Gasteiger partial charge in [-0.3, -0.25) is 4.79 Å². The van der Waals surface area contributed by atoms with Crippen LogP contribution < -0.4 is 5.32 Å². The molecule has 76 valence electrons. The maximum atomic E-state index is 11.6. The Kier molecular flexibility index (Phi) is 3.26. The van der Waals surface area contributed by atoms with Gasteiger partial charge in [0, 0.05) is 17.5 Å². The van der Waals surface area contributed by atoms with E-state index >= 15 is 0 Å². The molecule has 0 radical (unpaired) electrons. The fourth-order valence-corrected chi connectivity index (χ4v) is 2.37. The molecule has 4 heteroatoms. The Bertz CT molecular complexity index is 216. The Labute approximate surface area is 89.0 Å². The van der Waals surface area contributed by atoms with E-state index in [-0.39, 0.29) is 17.2 Å². The number of alkyl halides is 2. The van der Waals surface area contributed by atoms with Crippen molar-refractivity contribution in [2.24, 2.45) is 5.92 Å². The summed E-state index contributed by atoms with van der Waals surface area (Å²) in [5.41, 5.74) is -0.182. The summed E-state index contributed by atoms with van der Waals surface area (Å²) in [5, 5.41) is 3.34. The highest BCUT2D eigenvalue weighted by molar-refractivity contribution is 6.54. The second-order valence-electron chi connectivity index (χ2n) is 4.26. The number of hydrogen-bond donors (Lipinski definition) is 1. The molecule has 2 unspecified atom stereocenters. The van der Waals surface area contributed by atoms with Gasteiger partial charge in [-0.25, -0.2) is 0 Å². The number of hydrogen-bond acceptors (Lipinski definition) is 2. The molecule has 1 aliphatic rings. The van der Waals surface area contributed by atoms with Crippen molar-refractivity contribution in [3.63, 3.8) is 0 Å². The molecule has 1 N–H and O–H groups in total. The number of nitrogens with one attached hydrogen (secondary N) is 1. The van der Waals surface area contributed by atoms with Crippen LogP contribution in [-0.2, 0) is 4.79 Å². The van der Waals surface area contributed by atoms with Gasteiger partial charge in [-0.05, 0) is 27.2 Å². The van der Waals surface area contributed by atoms with Crippen LogP contribution in [0.3, 0.4) is 0 Å². The van der Waals surface area contributed by atoms with E-state index in [9.17, 15) is 4.79 Å². The van der Waals surface area contributed by atoms with Crippen molar-refractivity contribution in [2.75, 3.05) is 0 Å². The minimum Gasteiger partial charge on any atom is -0.309 e. The van der Waals surface area contributed by atoms with Gasteiger partial charge >= 0.3 is 0 Å². The number of halogens is 2. The average Bonchev–Trinajstić information content (AvgIpc) is 2.22. The van der Waals surface area contributed by atoms with E-state index in [2.05, 4.69) is 12.2 Å². The summed E-state index contributed by atoms with van der Waals surface area (Å²) in [6.07, 6.45) is 0.821. The number of rotatable bonds is 2. The quantitative estimate of drug-likeness (QED) is 0.728. The van der Waals surface area contributed by atoms with Crippen LogP contribution in [0.5, 0.6) is 0 Å². The molecule has 0 aliphatic carbocycles. The van der Waals surface area contributed by atoms with Crippen LogP contribution in [0.4, 0.5) is 0 Å². The summed E-state index contributed by atoms with van der Waals surface area (Å²) in [7, 11) is 0. The highest BCUT2D eigenvalue weighted by Crippen LogP contribution is 2.32. The van der Waals surface area contributed by atoms with Crippen molar-refractivity contribution in [2.45, 2.75) is 43.6 Å². The van der Waals surface area contributed by atoms with Gasteiger partial charge in [0.25, 0.3) is 0 Å². The van der Waals surface area contributed by atoms with E-state index in [1.807, 2.05) is 13.8 Å². The first-order valence-corrected chi connectivity index (χ1v) is 5.31. The van der Waals surface area contributed by atoms with Gasteiger partial charge in [-0.15, -0.1) is 0 Å². The Morgan fingerprint density at radius 3 is 2.38 bits per heavy atom. The molecule has 1 rings (SSSR count). The normalized spacial score (nSPS) is 32.5. The minimum absolute atomic E-state index is 0.0646. The first kappa shape index (κ1) is 11.3. The topological polar surface area (TPSA) is 29.1 Å². The highest BCUT2D eigenvalue weighted by atomic mass is 35.5. The molecule has 0 amide bonds. The Hall–Kier alpha value is 0.210. The van der Waals surface area contributed by atoms with Crippen LogP contribution in [0.15, 0.2) is 0 Å². The van der Waals surface area contributed by atoms with Crippen molar-refractivity contribution in [1.82, 2.24) is 5.32 Å². The molecular weight excluding hydrogens is 209 g/mol. The predicted octanol–water partition coefficient (Wildman–Crippen LogP) is 2.14. The molecule has 0 aromatic heterocycles. The van der Waals surface area contributed by atoms with Crippen molar-refractivity contribution in [3.05, 3.63) is 0 Å². The molecule has 13 heavy (non-hydrogen) atoms. The Balaban J connectivity index is 2.75. The lowest BCUT2D eigenvalue weighted by Crippen LogP contribution is -2.44. The van der Waals surface area contributed by atoms with Gasteiger partial charge in [0.2, 0.25) is 0 Å². The maximum absolute atomic E-state index is 11.6. The number of ketones is 1. The minimum atomic E-state index is -0.892. The van der Waals surface area contributed by atoms with Gasteiger partial charge in [0.1, 0.15) is 0 Å². The van der Waals surface area contributed by atoms with Gasteiger partial charge in [-0.1, -0.05) is 23.2 Å². The Morgan fingerprint density at radius 1 is 1.54 bits per heavy atom. The third-order valence-electron chi connectivity index (χ3n) is 2.64. The fourth-order valence-electron chi connectivity index (χ4n) is 2.07. The van der Waals surface area contributed by atoms with Gasteiger partial charge in [0.05, 0.1) is 0 Å². The number of Topliss-reactive ketones (excluding diaryl/α,β-unsaturated/α-hetero) is 1. The lowest BCUT2D eigenvalue weighted by Gasteiger charge is -2.26. The molecule has 0 aromatic carbocycles. The van der Waals surface area contributed by atoms with Crippen LogP contribution in [0.25, 0.3) is 0 Å². The van der Waals surface area contributed by atoms with Crippen LogP contribution in [0, 0.1) is 5.92 Å². The SMILES string of the molecule is CC1CC(C(=O)C(Cl)Cl)C(C)(C)N1. The lowest BCUT2D eigenvalue weighted by molar-refractivity contribution is -0.122. The summed E-state index contributed by atoms with van der Waals surface area (Å²) in [5.74, 6) is -0.132. The van der Waals surface area contributed by atoms with E-state index in [1.54, 1.807) is 0 Å². The Morgan fingerprint density at radius 2 is 2.08 bits per heavy atom. The van der Waals surface area contributed by atoms with Crippen molar-refractivity contribution < 1.29 is 4.79 Å². The van der Waals surface area contributed by atoms with Crippen LogP contribution in [0.2, 0.25) is 0 Å². The molecule has 1 aliphatic heterocycles. The van der Waals surface area contributed by atoms with E-state index < -0.39 is 4.84 Å². The summed E-state index contributed by atoms with van der Waals surface area (Å²) in [6, 6.07) is 0.357. The van der Waals surface area contributed by atoms with Crippen LogP contribution >= 0.6 is 23.2 Å². The standard InChI is InChI=1S/C9H15Cl2NO/c1-5-4-6(7(13)8(10)11)9(2,3)12-5/h5-6,8,12H,4H2,1-3H3. The third kappa shape index (κ3) is 2.36. The van der Waals surface area contributed by atoms with E-state index in [0.717, 1.165) is 6.42 Å². The van der Waals surface area contributed by atoms with E-state index in [1.165, 1.54) is 0 Å². The smallest absolute Gasteiger partial charge is 0.170 e. The van der Waals surface area contributed by atoms with Gasteiger partial charge < -0.3 is 5.32 Å². The molecule has 0 spiro atoms. The first-order valence-electron chi connectivity index (χ1n) is 4.44. The van der Waals surface area contributed by atoms with E-state index in [0.29, 0.717) is 6.04 Å². The molecule has 1 fully saturated rings. The molecule has 0 aromatic rings. The maximum Gasteiger partial charge on any atom is 0.170 e. The monoisotopic (exact) mass is 223 g/mol. The zero-order valence-electron chi connectivity index (χ0n) is 8.10. The predicted molar refractivity (Wildman–Crippen MR) is 55.3 cm³/mol. The molecule has 1 saturated heterocycles. The largest absolute Gasteiger partial charge is 0.309 e. The second kappa shape index (κ2) is 3.76. The summed E-state index contributed by atoms with van der Waals surface area (Å²) in [6.45, 7) is 6.08.